The second kappa shape index (κ2) is 6.49. The van der Waals surface area contributed by atoms with Gasteiger partial charge in [-0.25, -0.2) is 0 Å². The van der Waals surface area contributed by atoms with Gasteiger partial charge in [0.15, 0.2) is 0 Å². The zero-order valence-corrected chi connectivity index (χ0v) is 10.6. The smallest absolute Gasteiger partial charge is 0.0827 e. The molecule has 0 bridgehead atoms. The first-order valence-electron chi connectivity index (χ1n) is 4.20. The summed E-state index contributed by atoms with van der Waals surface area (Å²) < 4.78 is 0. The Morgan fingerprint density at radius 1 is 1.17 bits per heavy atom. The third-order valence-electron chi connectivity index (χ3n) is 1.79. The first-order chi connectivity index (χ1) is 5.33. The van der Waals surface area contributed by atoms with Crippen molar-refractivity contribution < 1.29 is 21.1 Å². The van der Waals surface area contributed by atoms with Crippen LogP contribution in [-0.4, -0.2) is 7.28 Å². The Kier molecular flexibility index (Phi) is 6.47. The minimum absolute atomic E-state index is 0. The quantitative estimate of drug-likeness (QED) is 0.748. The fraction of sp³-hybridized carbons (Fsp3) is 0.400. The van der Waals surface area contributed by atoms with Crippen molar-refractivity contribution >= 4 is 7.28 Å². The van der Waals surface area contributed by atoms with E-state index in [1.54, 1.807) is 0 Å². The van der Waals surface area contributed by atoms with E-state index in [2.05, 4.69) is 45.4 Å². The van der Waals surface area contributed by atoms with E-state index >= 15 is 0 Å². The van der Waals surface area contributed by atoms with Crippen molar-refractivity contribution in [2.75, 3.05) is 0 Å². The molecule has 0 saturated carbocycles. The van der Waals surface area contributed by atoms with Crippen LogP contribution in [0.25, 0.3) is 0 Å². The largest absolute Gasteiger partial charge is 0.114 e. The van der Waals surface area contributed by atoms with Crippen LogP contribution < -0.4 is 0 Å². The Balaban J connectivity index is 0.00000121. The van der Waals surface area contributed by atoms with Crippen LogP contribution in [0.1, 0.15) is 18.1 Å². The normalized spacial score (nSPS) is 8.83. The van der Waals surface area contributed by atoms with Gasteiger partial charge in [0.25, 0.3) is 0 Å². The van der Waals surface area contributed by atoms with Gasteiger partial charge < -0.3 is 0 Å². The number of benzene rings is 1. The van der Waals surface area contributed by atoms with E-state index < -0.39 is 0 Å². The first-order valence-corrected chi connectivity index (χ1v) is 4.20. The summed E-state index contributed by atoms with van der Waals surface area (Å²) in [5.74, 6) is 0. The van der Waals surface area contributed by atoms with Crippen molar-refractivity contribution in [2.24, 2.45) is 0 Å². The molecular formula is C10H14BW. The van der Waals surface area contributed by atoms with Gasteiger partial charge in [-0.3, -0.25) is 0 Å². The molecule has 0 aliphatic rings. The molecule has 0 N–H and O–H groups in total. The van der Waals surface area contributed by atoms with Gasteiger partial charge in [-0.2, -0.15) is 0 Å². The second-order valence-electron chi connectivity index (χ2n) is 2.89. The fourth-order valence-electron chi connectivity index (χ4n) is 1.04. The Morgan fingerprint density at radius 2 is 1.75 bits per heavy atom. The van der Waals surface area contributed by atoms with Gasteiger partial charge in [0.05, 0.1) is 0 Å². The molecule has 63 valence electrons. The SMILES string of the molecule is CC[B]Cc1ccc(C)cc1.[W]. The van der Waals surface area contributed by atoms with Gasteiger partial charge in [0.1, 0.15) is 7.28 Å². The van der Waals surface area contributed by atoms with E-state index in [-0.39, 0.29) is 21.1 Å². The molecule has 1 aromatic rings. The van der Waals surface area contributed by atoms with Crippen molar-refractivity contribution in [3.8, 4) is 0 Å². The van der Waals surface area contributed by atoms with Crippen molar-refractivity contribution in [3.63, 3.8) is 0 Å². The van der Waals surface area contributed by atoms with Crippen LogP contribution in [0.4, 0.5) is 0 Å². The molecule has 0 unspecified atom stereocenters. The molecule has 0 heterocycles. The molecule has 1 aromatic carbocycles. The molecule has 1 rings (SSSR count). The van der Waals surface area contributed by atoms with E-state index in [1.807, 2.05) is 0 Å². The minimum atomic E-state index is 0. The number of hydrogen-bond donors (Lipinski definition) is 0. The van der Waals surface area contributed by atoms with Gasteiger partial charge in [-0.1, -0.05) is 55.0 Å². The number of hydrogen-bond acceptors (Lipinski definition) is 0. The van der Waals surface area contributed by atoms with Crippen LogP contribution in [0.5, 0.6) is 0 Å². The molecule has 0 amide bonds. The third kappa shape index (κ3) is 4.11. The summed E-state index contributed by atoms with van der Waals surface area (Å²) in [5.41, 5.74) is 2.75. The van der Waals surface area contributed by atoms with E-state index in [0.29, 0.717) is 0 Å². The molecule has 12 heavy (non-hydrogen) atoms. The van der Waals surface area contributed by atoms with Gasteiger partial charge in [0.2, 0.25) is 0 Å². The average molecular weight is 329 g/mol. The van der Waals surface area contributed by atoms with Crippen molar-refractivity contribution in [1.29, 1.82) is 0 Å². The molecule has 0 nitrogen and oxygen atoms in total. The van der Waals surface area contributed by atoms with E-state index in [4.69, 9.17) is 0 Å². The summed E-state index contributed by atoms with van der Waals surface area (Å²) in [6.07, 6.45) is 2.27. The molecular weight excluding hydrogens is 315 g/mol. The summed E-state index contributed by atoms with van der Waals surface area (Å²) in [6.45, 7) is 4.29. The third-order valence-corrected chi connectivity index (χ3v) is 1.79. The Morgan fingerprint density at radius 3 is 2.25 bits per heavy atom. The second-order valence-corrected chi connectivity index (χ2v) is 2.89. The maximum absolute atomic E-state index is 2.30. The van der Waals surface area contributed by atoms with Gasteiger partial charge in [-0.05, 0) is 6.92 Å². The van der Waals surface area contributed by atoms with Crippen molar-refractivity contribution in [2.45, 2.75) is 26.5 Å². The maximum atomic E-state index is 2.30. The molecule has 0 fully saturated rings. The Bertz CT molecular complexity index is 206. The summed E-state index contributed by atoms with van der Waals surface area (Å²) in [6, 6.07) is 8.72. The predicted molar refractivity (Wildman–Crippen MR) is 51.1 cm³/mol. The van der Waals surface area contributed by atoms with Gasteiger partial charge in [-0.15, -0.1) is 0 Å². The summed E-state index contributed by atoms with van der Waals surface area (Å²) in [4.78, 5) is 0. The van der Waals surface area contributed by atoms with Crippen LogP contribution in [-0.2, 0) is 27.4 Å². The van der Waals surface area contributed by atoms with Crippen LogP contribution in [0.15, 0.2) is 24.3 Å². The molecule has 0 spiro atoms. The number of aryl methyl sites for hydroxylation is 1. The van der Waals surface area contributed by atoms with Crippen LogP contribution in [0, 0.1) is 6.92 Å². The maximum Gasteiger partial charge on any atom is 0.114 e. The summed E-state index contributed by atoms with van der Waals surface area (Å²) >= 11 is 0. The molecule has 0 saturated heterocycles. The standard InChI is InChI=1S/C10H14B.W/c1-3-11-8-10-6-4-9(2)5-7-10;/h4-7H,3,8H2,1-2H3;. The van der Waals surface area contributed by atoms with Gasteiger partial charge >= 0.3 is 0 Å². The zero-order valence-electron chi connectivity index (χ0n) is 7.71. The predicted octanol–water partition coefficient (Wildman–Crippen LogP) is 2.63. The van der Waals surface area contributed by atoms with Crippen LogP contribution >= 0.6 is 0 Å². The van der Waals surface area contributed by atoms with E-state index in [9.17, 15) is 0 Å². The van der Waals surface area contributed by atoms with Crippen LogP contribution in [0.2, 0.25) is 6.32 Å². The Labute approximate surface area is 90.3 Å². The number of rotatable bonds is 3. The van der Waals surface area contributed by atoms with E-state index in [1.165, 1.54) is 11.1 Å². The minimum Gasteiger partial charge on any atom is -0.0827 e. The topological polar surface area (TPSA) is 0 Å². The molecule has 2 heteroatoms. The summed E-state index contributed by atoms with van der Waals surface area (Å²) in [5, 5.41) is 0. The molecule has 0 atom stereocenters. The monoisotopic (exact) mass is 329 g/mol. The molecule has 0 aromatic heterocycles. The molecule has 0 aliphatic carbocycles. The zero-order chi connectivity index (χ0) is 8.10. The van der Waals surface area contributed by atoms with Crippen molar-refractivity contribution in [3.05, 3.63) is 35.4 Å². The Hall–Kier alpha value is -0.0268. The first kappa shape index (κ1) is 12.0. The van der Waals surface area contributed by atoms with Gasteiger partial charge in [0, 0.05) is 21.1 Å². The van der Waals surface area contributed by atoms with E-state index in [0.717, 1.165) is 12.6 Å². The van der Waals surface area contributed by atoms with Crippen molar-refractivity contribution in [1.82, 2.24) is 0 Å². The van der Waals surface area contributed by atoms with Crippen LogP contribution in [0.3, 0.4) is 0 Å². The molecule has 1 radical (unpaired) electrons. The fourth-order valence-corrected chi connectivity index (χ4v) is 1.04. The summed E-state index contributed by atoms with van der Waals surface area (Å²) in [7, 11) is 2.30. The molecule has 0 aliphatic heterocycles. The average Bonchev–Trinajstić information content (AvgIpc) is 2.04.